The third kappa shape index (κ3) is 5.17. The Balaban J connectivity index is 1.93. The van der Waals surface area contributed by atoms with E-state index in [2.05, 4.69) is 10.6 Å². The summed E-state index contributed by atoms with van der Waals surface area (Å²) in [5.74, 6) is -0.425. The summed E-state index contributed by atoms with van der Waals surface area (Å²) >= 11 is 0. The fourth-order valence-corrected chi connectivity index (χ4v) is 2.22. The molecule has 3 amide bonds. The Morgan fingerprint density at radius 1 is 0.880 bits per heavy atom. The van der Waals surface area contributed by atoms with Crippen molar-refractivity contribution in [2.45, 2.75) is 13.5 Å². The molecule has 6 heteroatoms. The highest BCUT2D eigenvalue weighted by atomic mass is 16.2. The Bertz CT molecular complexity index is 766. The first-order chi connectivity index (χ1) is 11.9. The Morgan fingerprint density at radius 3 is 1.96 bits per heavy atom. The maximum atomic E-state index is 12.2. The second-order valence-electron chi connectivity index (χ2n) is 5.84. The number of anilines is 1. The summed E-state index contributed by atoms with van der Waals surface area (Å²) in [4.78, 5) is 36.5. The topological polar surface area (TPSA) is 78.5 Å². The summed E-state index contributed by atoms with van der Waals surface area (Å²) in [7, 11) is 3.40. The molecule has 6 nitrogen and oxygen atoms in total. The predicted octanol–water partition coefficient (Wildman–Crippen LogP) is 2.28. The van der Waals surface area contributed by atoms with Gasteiger partial charge in [0.25, 0.3) is 11.8 Å². The van der Waals surface area contributed by atoms with Gasteiger partial charge in [-0.2, -0.15) is 0 Å². The van der Waals surface area contributed by atoms with Gasteiger partial charge in [0.05, 0.1) is 0 Å². The third-order valence-corrected chi connectivity index (χ3v) is 3.53. The molecule has 25 heavy (non-hydrogen) atoms. The average molecular weight is 339 g/mol. The minimum Gasteiger partial charge on any atom is -0.348 e. The summed E-state index contributed by atoms with van der Waals surface area (Å²) < 4.78 is 0. The van der Waals surface area contributed by atoms with E-state index in [-0.39, 0.29) is 17.7 Å². The summed E-state index contributed by atoms with van der Waals surface area (Å²) in [6, 6.07) is 13.8. The molecule has 0 bridgehead atoms. The van der Waals surface area contributed by atoms with Crippen LogP contribution in [0.25, 0.3) is 0 Å². The normalized spacial score (nSPS) is 10.0. The number of rotatable bonds is 5. The number of benzene rings is 2. The van der Waals surface area contributed by atoms with Crippen LogP contribution in [0.2, 0.25) is 0 Å². The highest BCUT2D eigenvalue weighted by molar-refractivity contribution is 5.95. The lowest BCUT2D eigenvalue weighted by molar-refractivity contribution is -0.114. The first-order valence-corrected chi connectivity index (χ1v) is 7.83. The molecule has 0 atom stereocenters. The van der Waals surface area contributed by atoms with Crippen LogP contribution in [0.15, 0.2) is 48.5 Å². The first-order valence-electron chi connectivity index (χ1n) is 7.83. The maximum Gasteiger partial charge on any atom is 0.253 e. The third-order valence-electron chi connectivity index (χ3n) is 3.53. The molecule has 0 saturated heterocycles. The molecular formula is C19H21N3O3. The number of amides is 3. The number of nitrogens with one attached hydrogen (secondary N) is 2. The largest absolute Gasteiger partial charge is 0.348 e. The zero-order chi connectivity index (χ0) is 18.4. The SMILES string of the molecule is CC(=O)Nc1ccc(C(=O)NCc2ccc(C(=O)N(C)C)cc2)cc1. The summed E-state index contributed by atoms with van der Waals surface area (Å²) in [5, 5.41) is 5.47. The van der Waals surface area contributed by atoms with Crippen molar-refractivity contribution in [1.82, 2.24) is 10.2 Å². The van der Waals surface area contributed by atoms with Crippen LogP contribution in [-0.2, 0) is 11.3 Å². The van der Waals surface area contributed by atoms with Gasteiger partial charge in [-0.05, 0) is 42.0 Å². The van der Waals surface area contributed by atoms with Crippen LogP contribution in [0.1, 0.15) is 33.2 Å². The summed E-state index contributed by atoms with van der Waals surface area (Å²) in [5.41, 5.74) is 2.66. The van der Waals surface area contributed by atoms with Gasteiger partial charge in [-0.15, -0.1) is 0 Å². The first kappa shape index (κ1) is 18.2. The second-order valence-corrected chi connectivity index (χ2v) is 5.84. The van der Waals surface area contributed by atoms with E-state index in [0.29, 0.717) is 23.4 Å². The molecule has 0 unspecified atom stereocenters. The molecule has 0 fully saturated rings. The average Bonchev–Trinajstić information content (AvgIpc) is 2.59. The van der Waals surface area contributed by atoms with E-state index in [0.717, 1.165) is 5.56 Å². The van der Waals surface area contributed by atoms with Gasteiger partial charge in [0.1, 0.15) is 0 Å². The van der Waals surface area contributed by atoms with E-state index in [4.69, 9.17) is 0 Å². The van der Waals surface area contributed by atoms with Crippen LogP contribution >= 0.6 is 0 Å². The van der Waals surface area contributed by atoms with Crippen molar-refractivity contribution in [2.24, 2.45) is 0 Å². The van der Waals surface area contributed by atoms with Gasteiger partial charge in [-0.1, -0.05) is 12.1 Å². The molecule has 0 spiro atoms. The zero-order valence-corrected chi connectivity index (χ0v) is 14.5. The van der Waals surface area contributed by atoms with E-state index in [9.17, 15) is 14.4 Å². The molecule has 0 aliphatic carbocycles. The van der Waals surface area contributed by atoms with Gasteiger partial charge in [-0.3, -0.25) is 14.4 Å². The van der Waals surface area contributed by atoms with E-state index < -0.39 is 0 Å². The fraction of sp³-hybridized carbons (Fsp3) is 0.211. The second kappa shape index (κ2) is 8.10. The Morgan fingerprint density at radius 2 is 1.44 bits per heavy atom. The van der Waals surface area contributed by atoms with Crippen molar-refractivity contribution in [2.75, 3.05) is 19.4 Å². The number of nitrogens with zero attached hydrogens (tertiary/aromatic N) is 1. The van der Waals surface area contributed by atoms with Gasteiger partial charge in [-0.25, -0.2) is 0 Å². The molecule has 0 saturated carbocycles. The minimum absolute atomic E-state index is 0.0603. The predicted molar refractivity (Wildman–Crippen MR) is 96.4 cm³/mol. The maximum absolute atomic E-state index is 12.2. The number of carbonyl (C=O) groups is 3. The molecular weight excluding hydrogens is 318 g/mol. The van der Waals surface area contributed by atoms with E-state index in [1.807, 2.05) is 12.1 Å². The zero-order valence-electron chi connectivity index (χ0n) is 14.5. The lowest BCUT2D eigenvalue weighted by Gasteiger charge is -2.11. The quantitative estimate of drug-likeness (QED) is 0.877. The molecule has 0 aromatic heterocycles. The molecule has 0 aliphatic heterocycles. The van der Waals surface area contributed by atoms with Crippen LogP contribution in [0.4, 0.5) is 5.69 Å². The van der Waals surface area contributed by atoms with Crippen LogP contribution in [0.5, 0.6) is 0 Å². The monoisotopic (exact) mass is 339 g/mol. The van der Waals surface area contributed by atoms with Gasteiger partial charge < -0.3 is 15.5 Å². The van der Waals surface area contributed by atoms with Crippen molar-refractivity contribution in [1.29, 1.82) is 0 Å². The highest BCUT2D eigenvalue weighted by Crippen LogP contribution is 2.10. The van der Waals surface area contributed by atoms with Crippen molar-refractivity contribution < 1.29 is 14.4 Å². The minimum atomic E-state index is -0.206. The molecule has 2 N–H and O–H groups in total. The van der Waals surface area contributed by atoms with Crippen LogP contribution in [0, 0.1) is 0 Å². The summed E-state index contributed by atoms with van der Waals surface area (Å²) in [6.07, 6.45) is 0. The number of hydrogen-bond donors (Lipinski definition) is 2. The number of hydrogen-bond acceptors (Lipinski definition) is 3. The fourth-order valence-electron chi connectivity index (χ4n) is 2.22. The van der Waals surface area contributed by atoms with Crippen molar-refractivity contribution in [3.8, 4) is 0 Å². The molecule has 0 aliphatic rings. The molecule has 2 aromatic carbocycles. The highest BCUT2D eigenvalue weighted by Gasteiger charge is 2.08. The lowest BCUT2D eigenvalue weighted by Crippen LogP contribution is -2.23. The Labute approximate surface area is 146 Å². The molecule has 130 valence electrons. The molecule has 2 rings (SSSR count). The van der Waals surface area contributed by atoms with Gasteiger partial charge in [0.2, 0.25) is 5.91 Å². The van der Waals surface area contributed by atoms with E-state index >= 15 is 0 Å². The van der Waals surface area contributed by atoms with Crippen LogP contribution in [0.3, 0.4) is 0 Å². The van der Waals surface area contributed by atoms with Gasteiger partial charge in [0.15, 0.2) is 0 Å². The Hall–Kier alpha value is -3.15. The van der Waals surface area contributed by atoms with Crippen molar-refractivity contribution >= 4 is 23.4 Å². The van der Waals surface area contributed by atoms with E-state index in [1.165, 1.54) is 11.8 Å². The standard InChI is InChI=1S/C19H21N3O3/c1-13(23)21-17-10-8-15(9-11-17)18(24)20-12-14-4-6-16(7-5-14)19(25)22(2)3/h4-11H,12H2,1-3H3,(H,20,24)(H,21,23). The van der Waals surface area contributed by atoms with Crippen molar-refractivity contribution in [3.05, 3.63) is 65.2 Å². The van der Waals surface area contributed by atoms with Crippen LogP contribution in [-0.4, -0.2) is 36.7 Å². The number of carbonyl (C=O) groups excluding carboxylic acids is 3. The van der Waals surface area contributed by atoms with Gasteiger partial charge in [0, 0.05) is 44.4 Å². The van der Waals surface area contributed by atoms with Gasteiger partial charge >= 0.3 is 0 Å². The van der Waals surface area contributed by atoms with Crippen LogP contribution < -0.4 is 10.6 Å². The molecule has 0 radical (unpaired) electrons. The summed E-state index contributed by atoms with van der Waals surface area (Å²) in [6.45, 7) is 1.79. The lowest BCUT2D eigenvalue weighted by atomic mass is 10.1. The van der Waals surface area contributed by atoms with E-state index in [1.54, 1.807) is 50.5 Å². The molecule has 2 aromatic rings. The van der Waals surface area contributed by atoms with Crippen molar-refractivity contribution in [3.63, 3.8) is 0 Å². The Kier molecular flexibility index (Phi) is 5.89. The molecule has 0 heterocycles. The smallest absolute Gasteiger partial charge is 0.253 e.